The van der Waals surface area contributed by atoms with Crippen molar-refractivity contribution in [3.05, 3.63) is 57.8 Å². The van der Waals surface area contributed by atoms with E-state index in [9.17, 15) is 9.18 Å². The van der Waals surface area contributed by atoms with Gasteiger partial charge in [0.05, 0.1) is 5.56 Å². The van der Waals surface area contributed by atoms with Crippen LogP contribution in [0.4, 0.5) is 4.39 Å². The molecule has 5 heteroatoms. The van der Waals surface area contributed by atoms with E-state index in [1.165, 1.54) is 30.3 Å². The lowest BCUT2D eigenvalue weighted by atomic mass is 10.1. The van der Waals surface area contributed by atoms with E-state index in [1.54, 1.807) is 6.07 Å². The molecule has 0 aliphatic heterocycles. The molecule has 0 aromatic heterocycles. The fraction of sp³-hybridized carbons (Fsp3) is 0. The van der Waals surface area contributed by atoms with Crippen LogP contribution in [0.3, 0.4) is 0 Å². The van der Waals surface area contributed by atoms with Crippen molar-refractivity contribution in [3.8, 4) is 17.6 Å². The van der Waals surface area contributed by atoms with Crippen LogP contribution in [0.25, 0.3) is 0 Å². The summed E-state index contributed by atoms with van der Waals surface area (Å²) in [5.74, 6) is -0.328. The second-order valence-corrected chi connectivity index (χ2v) is 4.58. The zero-order valence-electron chi connectivity index (χ0n) is 9.56. The number of carbonyl (C=O) groups excluding carboxylic acids is 1. The Morgan fingerprint density at radius 1 is 1.21 bits per heavy atom. The fourth-order valence-corrected chi connectivity index (χ4v) is 1.81. The van der Waals surface area contributed by atoms with Crippen molar-refractivity contribution < 1.29 is 13.9 Å². The highest BCUT2D eigenvalue weighted by atomic mass is 79.9. The van der Waals surface area contributed by atoms with Gasteiger partial charge in [-0.2, -0.15) is 5.26 Å². The molecule has 0 saturated carbocycles. The maximum atomic E-state index is 13.6. The van der Waals surface area contributed by atoms with Crippen molar-refractivity contribution in [2.45, 2.75) is 0 Å². The molecule has 2 aromatic rings. The average Bonchev–Trinajstić information content (AvgIpc) is 2.42. The Balaban J connectivity index is 2.38. The zero-order chi connectivity index (χ0) is 13.8. The van der Waals surface area contributed by atoms with Gasteiger partial charge in [-0.05, 0) is 36.4 Å². The average molecular weight is 320 g/mol. The lowest BCUT2D eigenvalue weighted by Gasteiger charge is -2.08. The van der Waals surface area contributed by atoms with Crippen molar-refractivity contribution >= 4 is 22.2 Å². The molecule has 0 aliphatic carbocycles. The van der Waals surface area contributed by atoms with Gasteiger partial charge in [-0.1, -0.05) is 15.9 Å². The molecule has 0 saturated heterocycles. The van der Waals surface area contributed by atoms with Crippen LogP contribution in [-0.4, -0.2) is 6.29 Å². The van der Waals surface area contributed by atoms with Gasteiger partial charge in [0.15, 0.2) is 11.6 Å². The Morgan fingerprint density at radius 3 is 2.58 bits per heavy atom. The largest absolute Gasteiger partial charge is 0.453 e. The summed E-state index contributed by atoms with van der Waals surface area (Å²) in [7, 11) is 0. The van der Waals surface area contributed by atoms with Crippen molar-refractivity contribution in [1.82, 2.24) is 0 Å². The van der Waals surface area contributed by atoms with E-state index in [-0.39, 0.29) is 17.1 Å². The van der Waals surface area contributed by atoms with Crippen LogP contribution < -0.4 is 4.74 Å². The van der Waals surface area contributed by atoms with Crippen molar-refractivity contribution in [2.75, 3.05) is 0 Å². The summed E-state index contributed by atoms with van der Waals surface area (Å²) in [6.07, 6.45) is 0.630. The van der Waals surface area contributed by atoms with E-state index in [2.05, 4.69) is 15.9 Å². The van der Waals surface area contributed by atoms with E-state index in [1.807, 2.05) is 6.07 Å². The third-order valence-corrected chi connectivity index (χ3v) is 2.87. The second-order valence-electron chi connectivity index (χ2n) is 3.66. The van der Waals surface area contributed by atoms with Crippen LogP contribution in [0.2, 0.25) is 0 Å². The summed E-state index contributed by atoms with van der Waals surface area (Å²) < 4.78 is 19.6. The maximum Gasteiger partial charge on any atom is 0.166 e. The molecule has 0 heterocycles. The predicted octanol–water partition coefficient (Wildman–Crippen LogP) is 4.06. The monoisotopic (exact) mass is 319 g/mol. The number of nitriles is 1. The summed E-state index contributed by atoms with van der Waals surface area (Å²) in [5.41, 5.74) is 0.534. The molecular weight excluding hydrogens is 313 g/mol. The summed E-state index contributed by atoms with van der Waals surface area (Å²) >= 11 is 3.14. The molecular formula is C14H7BrFNO2. The van der Waals surface area contributed by atoms with Gasteiger partial charge in [0.25, 0.3) is 0 Å². The van der Waals surface area contributed by atoms with E-state index in [4.69, 9.17) is 10.00 Å². The first-order chi connectivity index (χ1) is 9.13. The Bertz CT molecular complexity index is 680. The van der Waals surface area contributed by atoms with Crippen molar-refractivity contribution in [2.24, 2.45) is 0 Å². The first-order valence-corrected chi connectivity index (χ1v) is 6.05. The fourth-order valence-electron chi connectivity index (χ4n) is 1.47. The third kappa shape index (κ3) is 2.98. The Kier molecular flexibility index (Phi) is 3.93. The number of hydrogen-bond donors (Lipinski definition) is 0. The molecule has 0 aliphatic rings. The SMILES string of the molecule is N#Cc1cc(C=O)ccc1Oc1ccc(Br)cc1F. The van der Waals surface area contributed by atoms with Gasteiger partial charge in [0.1, 0.15) is 18.1 Å². The topological polar surface area (TPSA) is 50.1 Å². The van der Waals surface area contributed by atoms with Crippen LogP contribution >= 0.6 is 15.9 Å². The second kappa shape index (κ2) is 5.63. The summed E-state index contributed by atoms with van der Waals surface area (Å²) in [5, 5.41) is 8.98. The smallest absolute Gasteiger partial charge is 0.166 e. The van der Waals surface area contributed by atoms with E-state index >= 15 is 0 Å². The van der Waals surface area contributed by atoms with Gasteiger partial charge < -0.3 is 4.74 Å². The first-order valence-electron chi connectivity index (χ1n) is 5.26. The minimum atomic E-state index is -0.544. The number of aldehydes is 1. The summed E-state index contributed by atoms with van der Waals surface area (Å²) in [4.78, 5) is 10.6. The standard InChI is InChI=1S/C14H7BrFNO2/c15-11-2-4-14(12(16)6-11)19-13-3-1-9(8-18)5-10(13)7-17/h1-6,8H. The Labute approximate surface area is 117 Å². The predicted molar refractivity (Wildman–Crippen MR) is 70.7 cm³/mol. The normalized spacial score (nSPS) is 9.74. The molecule has 0 amide bonds. The molecule has 94 valence electrons. The van der Waals surface area contributed by atoms with Crippen molar-refractivity contribution in [1.29, 1.82) is 5.26 Å². The molecule has 2 rings (SSSR count). The van der Waals surface area contributed by atoms with Gasteiger partial charge >= 0.3 is 0 Å². The molecule has 0 bridgehead atoms. The minimum absolute atomic E-state index is 0.0125. The van der Waals surface area contributed by atoms with Gasteiger partial charge in [0.2, 0.25) is 0 Å². The van der Waals surface area contributed by atoms with Gasteiger partial charge in [-0.3, -0.25) is 4.79 Å². The number of ether oxygens (including phenoxy) is 1. The van der Waals surface area contributed by atoms with Crippen molar-refractivity contribution in [3.63, 3.8) is 0 Å². The highest BCUT2D eigenvalue weighted by Gasteiger charge is 2.09. The first kappa shape index (κ1) is 13.2. The molecule has 0 radical (unpaired) electrons. The Morgan fingerprint density at radius 2 is 1.95 bits per heavy atom. The molecule has 0 spiro atoms. The lowest BCUT2D eigenvalue weighted by Crippen LogP contribution is -1.92. The molecule has 0 atom stereocenters. The van der Waals surface area contributed by atoms with Crippen LogP contribution in [-0.2, 0) is 0 Å². The van der Waals surface area contributed by atoms with E-state index in [0.717, 1.165) is 0 Å². The van der Waals surface area contributed by atoms with Crippen LogP contribution in [0, 0.1) is 17.1 Å². The van der Waals surface area contributed by atoms with Crippen LogP contribution in [0.5, 0.6) is 11.5 Å². The summed E-state index contributed by atoms with van der Waals surface area (Å²) in [6, 6.07) is 10.6. The molecule has 0 N–H and O–H groups in total. The van der Waals surface area contributed by atoms with Gasteiger partial charge in [0, 0.05) is 10.0 Å². The number of halogens is 2. The quantitative estimate of drug-likeness (QED) is 0.801. The number of hydrogen-bond acceptors (Lipinski definition) is 3. The molecule has 19 heavy (non-hydrogen) atoms. The number of benzene rings is 2. The molecule has 2 aromatic carbocycles. The number of nitrogens with zero attached hydrogens (tertiary/aromatic N) is 1. The zero-order valence-corrected chi connectivity index (χ0v) is 11.1. The van der Waals surface area contributed by atoms with Crippen LogP contribution in [0.15, 0.2) is 40.9 Å². The highest BCUT2D eigenvalue weighted by molar-refractivity contribution is 9.10. The lowest BCUT2D eigenvalue weighted by molar-refractivity contribution is 0.112. The third-order valence-electron chi connectivity index (χ3n) is 2.37. The summed E-state index contributed by atoms with van der Waals surface area (Å²) in [6.45, 7) is 0. The van der Waals surface area contributed by atoms with E-state index in [0.29, 0.717) is 16.3 Å². The maximum absolute atomic E-state index is 13.6. The molecule has 3 nitrogen and oxygen atoms in total. The number of carbonyl (C=O) groups is 1. The minimum Gasteiger partial charge on any atom is -0.453 e. The molecule has 0 unspecified atom stereocenters. The molecule has 0 fully saturated rings. The van der Waals surface area contributed by atoms with E-state index < -0.39 is 5.82 Å². The Hall–Kier alpha value is -2.19. The van der Waals surface area contributed by atoms with Gasteiger partial charge in [-0.25, -0.2) is 4.39 Å². The van der Waals surface area contributed by atoms with Gasteiger partial charge in [-0.15, -0.1) is 0 Å². The number of rotatable bonds is 3. The highest BCUT2D eigenvalue weighted by Crippen LogP contribution is 2.29. The van der Waals surface area contributed by atoms with Crippen LogP contribution in [0.1, 0.15) is 15.9 Å².